The van der Waals surface area contributed by atoms with Crippen molar-refractivity contribution < 1.29 is 9.18 Å². The van der Waals surface area contributed by atoms with Crippen molar-refractivity contribution in [3.8, 4) is 6.07 Å². The summed E-state index contributed by atoms with van der Waals surface area (Å²) < 4.78 is 23.8. The Morgan fingerprint density at radius 3 is 2.93 bits per heavy atom. The molecule has 0 saturated heterocycles. The number of nitrogens with zero attached hydrogens (tertiary/aromatic N) is 3. The molecule has 0 aliphatic carbocycles. The van der Waals surface area contributed by atoms with Crippen molar-refractivity contribution in [2.75, 3.05) is 11.9 Å². The standard InChI is InChI=1S/C21H26FN5OS/c1-5-24-29-19-12-27(4)20(16(19)7-9-18(26-29)13(2)3)21(28)25-15-6-8-17(22)14(10-15)11-23/h6,8,10,12-13,18H,5,7,9H2,1-4H3,(H,24,26)(H,25,28). The fourth-order valence-corrected chi connectivity index (χ4v) is 5.47. The average molecular weight is 416 g/mol. The molecule has 6 nitrogen and oxygen atoms in total. The molecule has 0 radical (unpaired) electrons. The minimum atomic E-state index is -0.603. The van der Waals surface area contributed by atoms with Crippen LogP contribution in [0.5, 0.6) is 0 Å². The SMILES string of the molecule is CCN=S1NC(C(C)C)CCc2c1cn(C)c2C(=O)Nc1ccc(F)c(C#N)c1. The number of benzene rings is 1. The molecule has 2 aromatic rings. The van der Waals surface area contributed by atoms with Crippen LogP contribution in [-0.2, 0) is 24.3 Å². The lowest BCUT2D eigenvalue weighted by Gasteiger charge is -2.21. The molecule has 3 rings (SSSR count). The monoisotopic (exact) mass is 415 g/mol. The lowest BCUT2D eigenvalue weighted by atomic mass is 9.97. The number of fused-ring (bicyclic) bond motifs is 1. The molecule has 2 heterocycles. The van der Waals surface area contributed by atoms with E-state index in [0.717, 1.165) is 23.3 Å². The van der Waals surface area contributed by atoms with Crippen LogP contribution in [-0.4, -0.2) is 23.1 Å². The molecule has 0 saturated carbocycles. The van der Waals surface area contributed by atoms with E-state index in [1.807, 2.05) is 24.7 Å². The van der Waals surface area contributed by atoms with Gasteiger partial charge in [-0.1, -0.05) is 13.8 Å². The topological polar surface area (TPSA) is 82.2 Å². The number of amides is 1. The minimum absolute atomic E-state index is 0.0965. The summed E-state index contributed by atoms with van der Waals surface area (Å²) in [6, 6.07) is 6.13. The van der Waals surface area contributed by atoms with Crippen molar-refractivity contribution in [2.45, 2.75) is 44.6 Å². The first kappa shape index (κ1) is 21.2. The predicted molar refractivity (Wildman–Crippen MR) is 113 cm³/mol. The van der Waals surface area contributed by atoms with Crippen molar-refractivity contribution in [1.29, 1.82) is 5.26 Å². The number of halogens is 1. The van der Waals surface area contributed by atoms with Crippen molar-refractivity contribution in [3.05, 3.63) is 47.0 Å². The second-order valence-electron chi connectivity index (χ2n) is 7.43. The summed E-state index contributed by atoms with van der Waals surface area (Å²) in [5.74, 6) is -0.405. The van der Waals surface area contributed by atoms with Crippen LogP contribution in [0.4, 0.5) is 10.1 Å². The van der Waals surface area contributed by atoms with E-state index in [2.05, 4.69) is 23.9 Å². The molecule has 2 atom stereocenters. The molecule has 2 unspecified atom stereocenters. The van der Waals surface area contributed by atoms with Gasteiger partial charge >= 0.3 is 0 Å². The molecule has 0 bridgehead atoms. The number of nitrogens with one attached hydrogen (secondary N) is 2. The summed E-state index contributed by atoms with van der Waals surface area (Å²) in [5.41, 5.74) is 1.88. The van der Waals surface area contributed by atoms with E-state index in [0.29, 0.717) is 29.9 Å². The molecule has 29 heavy (non-hydrogen) atoms. The maximum Gasteiger partial charge on any atom is 0.272 e. The van der Waals surface area contributed by atoms with Crippen molar-refractivity contribution >= 4 is 22.5 Å². The number of hydrogen-bond donors (Lipinski definition) is 2. The highest BCUT2D eigenvalue weighted by Crippen LogP contribution is 2.29. The van der Waals surface area contributed by atoms with Crippen LogP contribution < -0.4 is 10.0 Å². The third kappa shape index (κ3) is 4.41. The number of aromatic nitrogens is 1. The van der Waals surface area contributed by atoms with Crippen molar-refractivity contribution in [2.24, 2.45) is 17.3 Å². The Morgan fingerprint density at radius 2 is 2.28 bits per heavy atom. The highest BCUT2D eigenvalue weighted by atomic mass is 32.2. The number of hydrogen-bond acceptors (Lipinski definition) is 3. The van der Waals surface area contributed by atoms with Crippen molar-refractivity contribution in [3.63, 3.8) is 0 Å². The molecule has 154 valence electrons. The summed E-state index contributed by atoms with van der Waals surface area (Å²) >= 11 is 0. The Kier molecular flexibility index (Phi) is 6.50. The first-order valence-electron chi connectivity index (χ1n) is 9.73. The van der Waals surface area contributed by atoms with E-state index in [-0.39, 0.29) is 11.5 Å². The maximum atomic E-state index is 13.6. The van der Waals surface area contributed by atoms with Crippen molar-refractivity contribution in [1.82, 2.24) is 9.29 Å². The molecular weight excluding hydrogens is 389 g/mol. The van der Waals surface area contributed by atoms with Gasteiger partial charge in [-0.2, -0.15) is 5.26 Å². The Hall–Kier alpha value is -2.50. The Morgan fingerprint density at radius 1 is 1.52 bits per heavy atom. The molecule has 8 heteroatoms. The fraction of sp³-hybridized carbons (Fsp3) is 0.429. The van der Waals surface area contributed by atoms with E-state index in [1.165, 1.54) is 18.2 Å². The van der Waals surface area contributed by atoms with Crippen LogP contribution >= 0.6 is 0 Å². The average Bonchev–Trinajstić information content (AvgIpc) is 2.91. The van der Waals surface area contributed by atoms with Gasteiger partial charge in [0, 0.05) is 42.4 Å². The summed E-state index contributed by atoms with van der Waals surface area (Å²) in [7, 11) is 1.38. The molecule has 1 aromatic heterocycles. The molecular formula is C21H26FN5OS. The number of carbonyl (C=O) groups excluding carboxylic acids is 1. The molecule has 1 aliphatic heterocycles. The highest BCUT2D eigenvalue weighted by molar-refractivity contribution is 7.85. The molecule has 1 aromatic carbocycles. The second-order valence-corrected chi connectivity index (χ2v) is 8.93. The lowest BCUT2D eigenvalue weighted by molar-refractivity contribution is 0.101. The summed E-state index contributed by atoms with van der Waals surface area (Å²) in [6.45, 7) is 7.09. The van der Waals surface area contributed by atoms with Gasteiger partial charge in [-0.05, 0) is 49.4 Å². The van der Waals surface area contributed by atoms with Crippen LogP contribution in [0.25, 0.3) is 0 Å². The molecule has 0 spiro atoms. The maximum absolute atomic E-state index is 13.6. The smallest absolute Gasteiger partial charge is 0.272 e. The van der Waals surface area contributed by atoms with Gasteiger partial charge in [0.2, 0.25) is 0 Å². The van der Waals surface area contributed by atoms with E-state index < -0.39 is 16.7 Å². The van der Waals surface area contributed by atoms with Gasteiger partial charge in [0.15, 0.2) is 0 Å². The van der Waals surface area contributed by atoms with Gasteiger partial charge in [-0.3, -0.25) is 4.79 Å². The first-order chi connectivity index (χ1) is 13.8. The zero-order valence-corrected chi connectivity index (χ0v) is 17.9. The second kappa shape index (κ2) is 8.89. The summed E-state index contributed by atoms with van der Waals surface area (Å²) in [4.78, 5) is 14.1. The molecule has 1 aliphatic rings. The van der Waals surface area contributed by atoms with Gasteiger partial charge in [0.25, 0.3) is 5.91 Å². The molecule has 0 fully saturated rings. The number of nitriles is 1. The fourth-order valence-electron chi connectivity index (χ4n) is 3.50. The van der Waals surface area contributed by atoms with Gasteiger partial charge in [0.05, 0.1) is 10.5 Å². The number of anilines is 1. The lowest BCUT2D eigenvalue weighted by Crippen LogP contribution is -2.34. The molecule has 2 N–H and O–H groups in total. The first-order valence-corrected chi connectivity index (χ1v) is 10.9. The van der Waals surface area contributed by atoms with Crippen LogP contribution in [0.2, 0.25) is 0 Å². The zero-order chi connectivity index (χ0) is 21.1. The third-order valence-corrected chi connectivity index (χ3v) is 6.86. The summed E-state index contributed by atoms with van der Waals surface area (Å²) in [5, 5.41) is 11.8. The number of aryl methyl sites for hydroxylation is 1. The largest absolute Gasteiger partial charge is 0.345 e. The highest BCUT2D eigenvalue weighted by Gasteiger charge is 2.28. The van der Waals surface area contributed by atoms with Gasteiger partial charge in [-0.25, -0.2) is 13.5 Å². The summed E-state index contributed by atoms with van der Waals surface area (Å²) in [6.07, 6.45) is 3.69. The van der Waals surface area contributed by atoms with Crippen LogP contribution in [0.15, 0.2) is 33.7 Å². The predicted octanol–water partition coefficient (Wildman–Crippen LogP) is 3.94. The van der Waals surface area contributed by atoms with Gasteiger partial charge in [-0.15, -0.1) is 0 Å². The zero-order valence-electron chi connectivity index (χ0n) is 17.1. The molecule has 1 amide bonds. The van der Waals surface area contributed by atoms with E-state index in [1.54, 1.807) is 6.07 Å². The third-order valence-electron chi connectivity index (χ3n) is 5.05. The number of rotatable bonds is 4. The van der Waals surface area contributed by atoms with E-state index >= 15 is 0 Å². The Balaban J connectivity index is 1.97. The quantitative estimate of drug-likeness (QED) is 0.793. The number of carbonyl (C=O) groups is 1. The normalized spacial score (nSPS) is 18.9. The minimum Gasteiger partial charge on any atom is -0.345 e. The van der Waals surface area contributed by atoms with Gasteiger partial charge < -0.3 is 9.88 Å². The van der Waals surface area contributed by atoms with Gasteiger partial charge in [0.1, 0.15) is 17.6 Å². The van der Waals surface area contributed by atoms with E-state index in [4.69, 9.17) is 9.62 Å². The van der Waals surface area contributed by atoms with Crippen LogP contribution in [0.3, 0.4) is 0 Å². The van der Waals surface area contributed by atoms with Crippen LogP contribution in [0, 0.1) is 23.1 Å². The Labute approximate surface area is 173 Å². The van der Waals surface area contributed by atoms with Crippen LogP contribution in [0.1, 0.15) is 48.8 Å². The van der Waals surface area contributed by atoms with E-state index in [9.17, 15) is 9.18 Å². The Bertz CT molecular complexity index is 1010.